The minimum atomic E-state index is 0.128. The van der Waals surface area contributed by atoms with E-state index in [-0.39, 0.29) is 6.10 Å². The van der Waals surface area contributed by atoms with Crippen LogP contribution in [-0.2, 0) is 4.74 Å². The highest BCUT2D eigenvalue weighted by molar-refractivity contribution is 6.32. The minimum absolute atomic E-state index is 0.128. The average Bonchev–Trinajstić information content (AvgIpc) is 2.24. The molecular weight excluding hydrogens is 220 g/mol. The molecule has 1 nitrogen and oxygen atoms in total. The van der Waals surface area contributed by atoms with E-state index in [9.17, 15) is 0 Å². The number of allylic oxidation sites excluding steroid dienone is 5. The molecule has 0 spiro atoms. The fourth-order valence-electron chi connectivity index (χ4n) is 1.95. The molecule has 0 aromatic rings. The normalized spacial score (nSPS) is 29.3. The zero-order valence-electron chi connectivity index (χ0n) is 9.74. The summed E-state index contributed by atoms with van der Waals surface area (Å²) in [7, 11) is 0. The molecule has 0 saturated heterocycles. The molecule has 2 aliphatic rings. The Balaban J connectivity index is 1.99. The third-order valence-electron chi connectivity index (χ3n) is 2.87. The van der Waals surface area contributed by atoms with Crippen molar-refractivity contribution < 1.29 is 4.74 Å². The van der Waals surface area contributed by atoms with Crippen LogP contribution in [0.1, 0.15) is 26.7 Å². The first-order valence-corrected chi connectivity index (χ1v) is 6.12. The first-order valence-electron chi connectivity index (χ1n) is 5.74. The lowest BCUT2D eigenvalue weighted by molar-refractivity contribution is 0.162. The van der Waals surface area contributed by atoms with E-state index in [2.05, 4.69) is 31.2 Å². The van der Waals surface area contributed by atoms with Gasteiger partial charge in [0, 0.05) is 11.5 Å². The average molecular weight is 237 g/mol. The molecule has 2 unspecified atom stereocenters. The van der Waals surface area contributed by atoms with Crippen molar-refractivity contribution in [1.29, 1.82) is 0 Å². The van der Waals surface area contributed by atoms with Crippen molar-refractivity contribution in [3.8, 4) is 0 Å². The molecule has 0 bridgehead atoms. The van der Waals surface area contributed by atoms with Crippen molar-refractivity contribution in [1.82, 2.24) is 0 Å². The molecule has 0 heterocycles. The van der Waals surface area contributed by atoms with E-state index in [0.717, 1.165) is 29.2 Å². The highest BCUT2D eigenvalue weighted by Gasteiger charge is 2.14. The van der Waals surface area contributed by atoms with E-state index in [1.807, 2.05) is 13.0 Å². The van der Waals surface area contributed by atoms with Gasteiger partial charge in [-0.2, -0.15) is 0 Å². The van der Waals surface area contributed by atoms with Gasteiger partial charge >= 0.3 is 0 Å². The lowest BCUT2D eigenvalue weighted by Crippen LogP contribution is -2.13. The number of hydrogen-bond donors (Lipinski definition) is 0. The van der Waals surface area contributed by atoms with E-state index in [1.54, 1.807) is 0 Å². The smallest absolute Gasteiger partial charge is 0.121 e. The SMILES string of the molecule is CC1=CC(OC2=CC(C)CC=C2)CC=C1Cl. The van der Waals surface area contributed by atoms with Gasteiger partial charge in [-0.1, -0.05) is 30.7 Å². The Morgan fingerprint density at radius 1 is 1.31 bits per heavy atom. The van der Waals surface area contributed by atoms with Crippen molar-refractivity contribution in [3.05, 3.63) is 46.7 Å². The molecule has 2 aliphatic carbocycles. The molecule has 0 fully saturated rings. The molecule has 0 N–H and O–H groups in total. The summed E-state index contributed by atoms with van der Waals surface area (Å²) in [6.07, 6.45) is 12.6. The molecule has 0 saturated carbocycles. The lowest BCUT2D eigenvalue weighted by atomic mass is 10.0. The van der Waals surface area contributed by atoms with Gasteiger partial charge in [-0.15, -0.1) is 0 Å². The van der Waals surface area contributed by atoms with Crippen LogP contribution in [0.5, 0.6) is 0 Å². The predicted molar refractivity (Wildman–Crippen MR) is 68.2 cm³/mol. The summed E-state index contributed by atoms with van der Waals surface area (Å²) in [4.78, 5) is 0. The summed E-state index contributed by atoms with van der Waals surface area (Å²) in [6, 6.07) is 0. The van der Waals surface area contributed by atoms with Crippen molar-refractivity contribution >= 4 is 11.6 Å². The fraction of sp³-hybridized carbons (Fsp3) is 0.429. The quantitative estimate of drug-likeness (QED) is 0.694. The van der Waals surface area contributed by atoms with E-state index >= 15 is 0 Å². The molecule has 2 atom stereocenters. The fourth-order valence-corrected chi connectivity index (χ4v) is 2.10. The number of rotatable bonds is 2. The summed E-state index contributed by atoms with van der Waals surface area (Å²) in [5.41, 5.74) is 1.10. The van der Waals surface area contributed by atoms with Gasteiger partial charge in [0.1, 0.15) is 11.9 Å². The van der Waals surface area contributed by atoms with E-state index in [4.69, 9.17) is 16.3 Å². The second-order valence-electron chi connectivity index (χ2n) is 4.48. The first-order chi connectivity index (χ1) is 7.65. The van der Waals surface area contributed by atoms with Crippen LogP contribution in [0.15, 0.2) is 46.7 Å². The summed E-state index contributed by atoms with van der Waals surface area (Å²) >= 11 is 6.01. The molecule has 2 heteroatoms. The van der Waals surface area contributed by atoms with Crippen LogP contribution in [0.25, 0.3) is 0 Å². The predicted octanol–water partition coefficient (Wildman–Crippen LogP) is 4.32. The Labute approximate surface area is 102 Å². The van der Waals surface area contributed by atoms with Gasteiger partial charge in [0.25, 0.3) is 0 Å². The van der Waals surface area contributed by atoms with Crippen LogP contribution < -0.4 is 0 Å². The monoisotopic (exact) mass is 236 g/mol. The number of ether oxygens (including phenoxy) is 1. The topological polar surface area (TPSA) is 9.23 Å². The summed E-state index contributed by atoms with van der Waals surface area (Å²) < 4.78 is 5.92. The molecule has 86 valence electrons. The zero-order valence-corrected chi connectivity index (χ0v) is 10.5. The molecular formula is C14H17ClO. The highest BCUT2D eigenvalue weighted by Crippen LogP contribution is 2.26. The second kappa shape index (κ2) is 4.92. The van der Waals surface area contributed by atoms with Crippen LogP contribution in [0.4, 0.5) is 0 Å². The summed E-state index contributed by atoms with van der Waals surface area (Å²) in [6.45, 7) is 4.22. The maximum absolute atomic E-state index is 6.01. The lowest BCUT2D eigenvalue weighted by Gasteiger charge is -2.21. The Morgan fingerprint density at radius 3 is 2.81 bits per heavy atom. The molecule has 0 aromatic heterocycles. The van der Waals surface area contributed by atoms with Gasteiger partial charge in [-0.3, -0.25) is 0 Å². The number of halogens is 1. The first kappa shape index (κ1) is 11.5. The van der Waals surface area contributed by atoms with E-state index in [0.29, 0.717) is 5.92 Å². The zero-order chi connectivity index (χ0) is 11.5. The summed E-state index contributed by atoms with van der Waals surface area (Å²) in [5.74, 6) is 1.56. The van der Waals surface area contributed by atoms with Gasteiger partial charge in [-0.25, -0.2) is 0 Å². The minimum Gasteiger partial charge on any atom is -0.486 e. The van der Waals surface area contributed by atoms with Crippen LogP contribution in [-0.4, -0.2) is 6.10 Å². The summed E-state index contributed by atoms with van der Waals surface area (Å²) in [5, 5.41) is 0.849. The Kier molecular flexibility index (Phi) is 3.55. The molecule has 0 aliphatic heterocycles. The van der Waals surface area contributed by atoms with Crippen LogP contribution >= 0.6 is 11.6 Å². The van der Waals surface area contributed by atoms with Gasteiger partial charge in [0.05, 0.1) is 0 Å². The standard InChI is InChI=1S/C14H17ClO/c1-10-4-3-5-12(8-10)16-13-6-7-14(15)11(2)9-13/h3,5,7-10,13H,4,6H2,1-2H3. The van der Waals surface area contributed by atoms with Gasteiger partial charge < -0.3 is 4.74 Å². The van der Waals surface area contributed by atoms with Gasteiger partial charge in [-0.05, 0) is 43.1 Å². The van der Waals surface area contributed by atoms with Crippen LogP contribution in [0, 0.1) is 5.92 Å². The van der Waals surface area contributed by atoms with Crippen molar-refractivity contribution in [2.75, 3.05) is 0 Å². The van der Waals surface area contributed by atoms with Crippen molar-refractivity contribution in [2.45, 2.75) is 32.8 Å². The van der Waals surface area contributed by atoms with Crippen LogP contribution in [0.3, 0.4) is 0 Å². The molecule has 2 rings (SSSR count). The third-order valence-corrected chi connectivity index (χ3v) is 3.32. The maximum Gasteiger partial charge on any atom is 0.121 e. The molecule has 0 amide bonds. The Morgan fingerprint density at radius 2 is 2.12 bits per heavy atom. The molecule has 0 radical (unpaired) electrons. The maximum atomic E-state index is 6.01. The van der Waals surface area contributed by atoms with E-state index < -0.39 is 0 Å². The van der Waals surface area contributed by atoms with Crippen LogP contribution in [0.2, 0.25) is 0 Å². The highest BCUT2D eigenvalue weighted by atomic mass is 35.5. The van der Waals surface area contributed by atoms with Gasteiger partial charge in [0.2, 0.25) is 0 Å². The van der Waals surface area contributed by atoms with Gasteiger partial charge in [0.15, 0.2) is 0 Å². The molecule has 0 aromatic carbocycles. The third kappa shape index (κ3) is 2.79. The van der Waals surface area contributed by atoms with Crippen molar-refractivity contribution in [2.24, 2.45) is 5.92 Å². The second-order valence-corrected chi connectivity index (χ2v) is 4.89. The van der Waals surface area contributed by atoms with Crippen molar-refractivity contribution in [3.63, 3.8) is 0 Å². The molecule has 16 heavy (non-hydrogen) atoms. The Bertz CT molecular complexity index is 388. The largest absolute Gasteiger partial charge is 0.486 e. The Hall–Kier alpha value is -0.950. The van der Waals surface area contributed by atoms with E-state index in [1.165, 1.54) is 0 Å². The number of hydrogen-bond acceptors (Lipinski definition) is 1.